The van der Waals surface area contributed by atoms with E-state index in [9.17, 15) is 0 Å². The van der Waals surface area contributed by atoms with Crippen LogP contribution in [0, 0.1) is 11.3 Å². The summed E-state index contributed by atoms with van der Waals surface area (Å²) in [7, 11) is 0. The molecule has 0 atom stereocenters. The number of ketones is 1. The van der Waals surface area contributed by atoms with E-state index in [1.165, 1.54) is 0 Å². The van der Waals surface area contributed by atoms with Crippen LogP contribution in [-0.4, -0.2) is 10.6 Å². The molecule has 0 aliphatic rings. The second-order valence-electron chi connectivity index (χ2n) is 1.83. The first-order chi connectivity index (χ1) is 4.84. The molecule has 0 aliphatic heterocycles. The first kappa shape index (κ1) is 6.50. The van der Waals surface area contributed by atoms with Gasteiger partial charge in [0.25, 0.3) is 0 Å². The van der Waals surface area contributed by atoms with Crippen LogP contribution in [0.1, 0.15) is 5.56 Å². The lowest BCUT2D eigenvalue weighted by atomic mass is 10.1. The lowest BCUT2D eigenvalue weighted by Gasteiger charge is -1.82. The van der Waals surface area contributed by atoms with Crippen molar-refractivity contribution < 1.29 is 4.79 Å². The van der Waals surface area contributed by atoms with Crippen LogP contribution in [0.15, 0.2) is 30.3 Å². The molecule has 2 heteroatoms. The summed E-state index contributed by atoms with van der Waals surface area (Å²) < 4.78 is 0. The van der Waals surface area contributed by atoms with E-state index in [0.29, 0.717) is 5.56 Å². The molecule has 2 nitrogen and oxygen atoms in total. The summed E-state index contributed by atoms with van der Waals surface area (Å²) >= 11 is 0. The molecule has 0 amide bonds. The van der Waals surface area contributed by atoms with Gasteiger partial charge in [0.1, 0.15) is 0 Å². The highest BCUT2D eigenvalue weighted by atomic mass is 16.1. The van der Waals surface area contributed by atoms with E-state index in [1.807, 2.05) is 6.07 Å². The molecule has 10 heavy (non-hydrogen) atoms. The van der Waals surface area contributed by atoms with Crippen LogP contribution < -0.4 is 0 Å². The fourth-order valence-electron chi connectivity index (χ4n) is 0.661. The Bertz CT molecular complexity index is 271. The Morgan fingerprint density at radius 3 is 2.40 bits per heavy atom. The number of benzene rings is 1. The number of nitriles is 1. The predicted molar refractivity (Wildman–Crippen MR) is 38.1 cm³/mol. The summed E-state index contributed by atoms with van der Waals surface area (Å²) in [6.45, 7) is 0. The molecule has 1 aromatic rings. The van der Waals surface area contributed by atoms with Crippen molar-refractivity contribution in [2.45, 2.75) is 0 Å². The van der Waals surface area contributed by atoms with Crippen LogP contribution >= 0.6 is 0 Å². The smallest absolute Gasteiger partial charge is 0.263 e. The Labute approximate surface area is 58.7 Å². The lowest BCUT2D eigenvalue weighted by Crippen LogP contribution is -1.94. The largest absolute Gasteiger partial charge is 0.424 e. The zero-order valence-corrected chi connectivity index (χ0v) is 5.28. The van der Waals surface area contributed by atoms with E-state index in [-0.39, 0.29) is 5.78 Å². The van der Waals surface area contributed by atoms with E-state index in [0.717, 1.165) is 0 Å². The summed E-state index contributed by atoms with van der Waals surface area (Å²) in [5, 5.41) is 8.25. The van der Waals surface area contributed by atoms with Crippen molar-refractivity contribution in [3.05, 3.63) is 35.9 Å². The molecule has 0 aliphatic carbocycles. The molecule has 48 valence electrons. The number of rotatable bonds is 1. The molecule has 0 saturated heterocycles. The third-order valence-electron chi connectivity index (χ3n) is 1.15. The van der Waals surface area contributed by atoms with Gasteiger partial charge in [-0.25, -0.2) is 0 Å². The molecule has 0 aromatic heterocycles. The van der Waals surface area contributed by atoms with Crippen molar-refractivity contribution in [2.24, 2.45) is 0 Å². The van der Waals surface area contributed by atoms with Crippen LogP contribution in [0.5, 0.6) is 0 Å². The second-order valence-corrected chi connectivity index (χ2v) is 1.83. The Morgan fingerprint density at radius 1 is 1.30 bits per heavy atom. The molecular weight excluding hydrogens is 126 g/mol. The van der Waals surface area contributed by atoms with Crippen molar-refractivity contribution in [1.82, 2.24) is 0 Å². The van der Waals surface area contributed by atoms with Crippen LogP contribution in [0.3, 0.4) is 0 Å². The molecule has 0 unspecified atom stereocenters. The van der Waals surface area contributed by atoms with Gasteiger partial charge in [-0.05, 0) is 12.1 Å². The van der Waals surface area contributed by atoms with E-state index >= 15 is 0 Å². The molecule has 0 fully saturated rings. The van der Waals surface area contributed by atoms with Crippen LogP contribution in [0.2, 0.25) is 0 Å². The molecular formula is C8H6NO+. The van der Waals surface area contributed by atoms with Crippen molar-refractivity contribution in [3.8, 4) is 6.07 Å². The van der Waals surface area contributed by atoms with Gasteiger partial charge in [-0.15, -0.1) is 0 Å². The Balaban J connectivity index is 2.99. The van der Waals surface area contributed by atoms with Gasteiger partial charge < -0.3 is 0 Å². The maximum Gasteiger partial charge on any atom is 0.424 e. The SMILES string of the molecule is N#CC(=[OH+])c1ccccc1. The van der Waals surface area contributed by atoms with Gasteiger partial charge in [0.2, 0.25) is 6.07 Å². The first-order valence-corrected chi connectivity index (χ1v) is 2.86. The highest BCUT2D eigenvalue weighted by Gasteiger charge is 2.07. The van der Waals surface area contributed by atoms with E-state index in [4.69, 9.17) is 10.1 Å². The fourth-order valence-corrected chi connectivity index (χ4v) is 0.661. The molecule has 1 rings (SSSR count). The number of carbonyl (C=O) groups excluding carboxylic acids is 1. The zero-order chi connectivity index (χ0) is 7.40. The minimum atomic E-state index is -0.236. The fraction of sp³-hybridized carbons (Fsp3) is 0. The second kappa shape index (κ2) is 2.79. The molecule has 1 aromatic carbocycles. The van der Waals surface area contributed by atoms with Crippen molar-refractivity contribution in [1.29, 1.82) is 5.26 Å². The first-order valence-electron chi connectivity index (χ1n) is 2.86. The van der Waals surface area contributed by atoms with Gasteiger partial charge in [-0.1, -0.05) is 18.2 Å². The number of hydrogen-bond acceptors (Lipinski definition) is 1. The molecule has 0 heterocycles. The molecule has 0 spiro atoms. The summed E-state index contributed by atoms with van der Waals surface area (Å²) in [6, 6.07) is 10.4. The number of hydrogen-bond donors (Lipinski definition) is 0. The quantitative estimate of drug-likeness (QED) is 0.320. The summed E-state index contributed by atoms with van der Waals surface area (Å²) in [5.41, 5.74) is 0.560. The monoisotopic (exact) mass is 132 g/mol. The van der Waals surface area contributed by atoms with Crippen molar-refractivity contribution in [2.75, 3.05) is 0 Å². The Morgan fingerprint density at radius 2 is 1.90 bits per heavy atom. The highest BCUT2D eigenvalue weighted by Crippen LogP contribution is 1.96. The molecule has 1 N–H and O–H groups in total. The average molecular weight is 132 g/mol. The molecule has 0 radical (unpaired) electrons. The summed E-state index contributed by atoms with van der Waals surface area (Å²) in [5.74, 6) is -0.236. The van der Waals surface area contributed by atoms with E-state index in [2.05, 4.69) is 0 Å². The third-order valence-corrected chi connectivity index (χ3v) is 1.15. The van der Waals surface area contributed by atoms with Crippen LogP contribution in [-0.2, 0) is 0 Å². The average Bonchev–Trinajstić information content (AvgIpc) is 2.05. The van der Waals surface area contributed by atoms with Crippen molar-refractivity contribution >= 4 is 5.78 Å². The Hall–Kier alpha value is -1.62. The Kier molecular flexibility index (Phi) is 1.81. The predicted octanol–water partition coefficient (Wildman–Crippen LogP) is 1.10. The summed E-state index contributed by atoms with van der Waals surface area (Å²) in [6.07, 6.45) is 0. The van der Waals surface area contributed by atoms with Gasteiger partial charge >= 0.3 is 5.78 Å². The molecule has 0 saturated carbocycles. The lowest BCUT2D eigenvalue weighted by molar-refractivity contribution is 0.683. The van der Waals surface area contributed by atoms with Gasteiger partial charge in [0.05, 0.1) is 5.56 Å². The van der Waals surface area contributed by atoms with Gasteiger partial charge in [-0.2, -0.15) is 5.26 Å². The van der Waals surface area contributed by atoms with Crippen molar-refractivity contribution in [3.63, 3.8) is 0 Å². The normalized spacial score (nSPS) is 8.30. The summed E-state index contributed by atoms with van der Waals surface area (Å²) in [4.78, 5) is 8.88. The van der Waals surface area contributed by atoms with E-state index < -0.39 is 0 Å². The van der Waals surface area contributed by atoms with Crippen LogP contribution in [0.25, 0.3) is 0 Å². The molecule has 0 bridgehead atoms. The minimum absolute atomic E-state index is 0.236. The minimum Gasteiger partial charge on any atom is -0.263 e. The standard InChI is InChI=1S/C8H5NO/c9-6-8(10)7-4-2-1-3-5-7/h1-5H/p+1. The maximum atomic E-state index is 8.88. The van der Waals surface area contributed by atoms with Crippen LogP contribution in [0.4, 0.5) is 0 Å². The van der Waals surface area contributed by atoms with Gasteiger partial charge in [0.15, 0.2) is 0 Å². The highest BCUT2D eigenvalue weighted by molar-refractivity contribution is 6.07. The maximum absolute atomic E-state index is 8.88. The topological polar surface area (TPSA) is 45.2 Å². The van der Waals surface area contributed by atoms with E-state index in [1.54, 1.807) is 30.3 Å². The van der Waals surface area contributed by atoms with Gasteiger partial charge in [0, 0.05) is 0 Å². The third kappa shape index (κ3) is 1.20. The van der Waals surface area contributed by atoms with Gasteiger partial charge in [-0.3, -0.25) is 4.79 Å². The number of nitrogens with zero attached hydrogens (tertiary/aromatic N) is 1. The zero-order valence-electron chi connectivity index (χ0n) is 5.28.